The first-order valence-electron chi connectivity index (χ1n) is 5.99. The first kappa shape index (κ1) is 15.1. The second kappa shape index (κ2) is 6.85. The van der Waals surface area contributed by atoms with Gasteiger partial charge in [0.15, 0.2) is 0 Å². The fourth-order valence-corrected chi connectivity index (χ4v) is 2.25. The molecule has 4 nitrogen and oxygen atoms in total. The van der Waals surface area contributed by atoms with Crippen LogP contribution in [0.15, 0.2) is 16.5 Å². The number of hydrogen-bond acceptors (Lipinski definition) is 4. The number of amides is 1. The predicted octanol–water partition coefficient (Wildman–Crippen LogP) is 2.05. The first-order chi connectivity index (χ1) is 8.40. The van der Waals surface area contributed by atoms with Crippen LogP contribution in [0.1, 0.15) is 25.4 Å². The maximum absolute atomic E-state index is 11.9. The minimum atomic E-state index is -0.402. The molecule has 0 aromatic carbocycles. The van der Waals surface area contributed by atoms with Crippen molar-refractivity contribution in [3.05, 3.63) is 23.7 Å². The van der Waals surface area contributed by atoms with E-state index in [1.807, 2.05) is 26.0 Å². The van der Waals surface area contributed by atoms with Crippen molar-refractivity contribution in [1.82, 2.24) is 4.90 Å². The number of aryl methyl sites for hydroxylation is 1. The SMILES string of the molecule is Cc1ccc(CN(C)C(=O)CSC(C)C(C)O)o1. The van der Waals surface area contributed by atoms with Gasteiger partial charge in [0.25, 0.3) is 0 Å². The molecule has 2 unspecified atom stereocenters. The fraction of sp³-hybridized carbons (Fsp3) is 0.615. The maximum Gasteiger partial charge on any atom is 0.232 e. The van der Waals surface area contributed by atoms with Crippen molar-refractivity contribution >= 4 is 17.7 Å². The Morgan fingerprint density at radius 2 is 2.17 bits per heavy atom. The molecule has 18 heavy (non-hydrogen) atoms. The van der Waals surface area contributed by atoms with Gasteiger partial charge in [-0.25, -0.2) is 0 Å². The summed E-state index contributed by atoms with van der Waals surface area (Å²) in [5, 5.41) is 9.41. The van der Waals surface area contributed by atoms with Crippen molar-refractivity contribution in [1.29, 1.82) is 0 Å². The molecular weight excluding hydrogens is 250 g/mol. The van der Waals surface area contributed by atoms with Crippen LogP contribution < -0.4 is 0 Å². The highest BCUT2D eigenvalue weighted by Gasteiger charge is 2.15. The predicted molar refractivity (Wildman–Crippen MR) is 73.5 cm³/mol. The molecule has 0 saturated carbocycles. The molecule has 0 saturated heterocycles. The molecule has 1 heterocycles. The van der Waals surface area contributed by atoms with Crippen LogP contribution in [0.25, 0.3) is 0 Å². The Kier molecular flexibility index (Phi) is 5.75. The molecule has 1 aromatic rings. The summed E-state index contributed by atoms with van der Waals surface area (Å²) in [4.78, 5) is 13.5. The Balaban J connectivity index is 2.37. The molecule has 102 valence electrons. The van der Waals surface area contributed by atoms with Crippen LogP contribution in [0.5, 0.6) is 0 Å². The number of aliphatic hydroxyl groups is 1. The molecule has 0 aliphatic rings. The van der Waals surface area contributed by atoms with Crippen molar-refractivity contribution < 1.29 is 14.3 Å². The van der Waals surface area contributed by atoms with Gasteiger partial charge in [-0.15, -0.1) is 11.8 Å². The van der Waals surface area contributed by atoms with Gasteiger partial charge in [-0.3, -0.25) is 4.79 Å². The van der Waals surface area contributed by atoms with Gasteiger partial charge >= 0.3 is 0 Å². The monoisotopic (exact) mass is 271 g/mol. The van der Waals surface area contributed by atoms with Crippen LogP contribution >= 0.6 is 11.8 Å². The van der Waals surface area contributed by atoms with Crippen LogP contribution in [0, 0.1) is 6.92 Å². The highest BCUT2D eigenvalue weighted by molar-refractivity contribution is 8.00. The molecule has 1 aromatic heterocycles. The van der Waals surface area contributed by atoms with Crippen molar-refractivity contribution in [3.63, 3.8) is 0 Å². The summed E-state index contributed by atoms with van der Waals surface area (Å²) in [6.45, 7) is 6.01. The van der Waals surface area contributed by atoms with Crippen LogP contribution in [0.2, 0.25) is 0 Å². The van der Waals surface area contributed by atoms with Gasteiger partial charge in [0.2, 0.25) is 5.91 Å². The number of rotatable bonds is 6. The number of aliphatic hydroxyl groups excluding tert-OH is 1. The maximum atomic E-state index is 11.9. The van der Waals surface area contributed by atoms with E-state index in [1.54, 1.807) is 18.9 Å². The van der Waals surface area contributed by atoms with E-state index in [2.05, 4.69) is 0 Å². The molecule has 1 N–H and O–H groups in total. The molecule has 1 rings (SSSR count). The standard InChI is InChI=1S/C13H21NO3S/c1-9-5-6-12(17-9)7-14(4)13(16)8-18-11(3)10(2)15/h5-6,10-11,15H,7-8H2,1-4H3. The van der Waals surface area contributed by atoms with E-state index >= 15 is 0 Å². The highest BCUT2D eigenvalue weighted by atomic mass is 32.2. The van der Waals surface area contributed by atoms with Crippen LogP contribution in [0.3, 0.4) is 0 Å². The Morgan fingerprint density at radius 1 is 1.50 bits per heavy atom. The van der Waals surface area contributed by atoms with Crippen molar-refractivity contribution in [2.45, 2.75) is 38.7 Å². The van der Waals surface area contributed by atoms with Crippen LogP contribution in [-0.4, -0.2) is 40.1 Å². The lowest BCUT2D eigenvalue weighted by molar-refractivity contribution is -0.127. The topological polar surface area (TPSA) is 53.7 Å². The minimum Gasteiger partial charge on any atom is -0.464 e. The summed E-state index contributed by atoms with van der Waals surface area (Å²) in [6.07, 6.45) is -0.402. The molecule has 0 bridgehead atoms. The normalized spacial score (nSPS) is 14.3. The smallest absolute Gasteiger partial charge is 0.232 e. The Bertz CT molecular complexity index is 389. The Labute approximate surface area is 112 Å². The summed E-state index contributed by atoms with van der Waals surface area (Å²) < 4.78 is 5.43. The average molecular weight is 271 g/mol. The van der Waals surface area contributed by atoms with Gasteiger partial charge in [0.05, 0.1) is 18.4 Å². The lowest BCUT2D eigenvalue weighted by Crippen LogP contribution is -2.29. The number of thioether (sulfide) groups is 1. The molecule has 1 amide bonds. The molecule has 0 aliphatic carbocycles. The van der Waals surface area contributed by atoms with E-state index in [1.165, 1.54) is 11.8 Å². The van der Waals surface area contributed by atoms with Crippen LogP contribution in [-0.2, 0) is 11.3 Å². The molecule has 5 heteroatoms. The zero-order chi connectivity index (χ0) is 13.7. The molecule has 0 aliphatic heterocycles. The van der Waals surface area contributed by atoms with Crippen molar-refractivity contribution in [2.24, 2.45) is 0 Å². The summed E-state index contributed by atoms with van der Waals surface area (Å²) in [5.41, 5.74) is 0. The highest BCUT2D eigenvalue weighted by Crippen LogP contribution is 2.15. The Morgan fingerprint density at radius 3 is 2.67 bits per heavy atom. The molecule has 2 atom stereocenters. The third-order valence-corrected chi connectivity index (χ3v) is 4.10. The number of nitrogens with zero attached hydrogens (tertiary/aromatic N) is 1. The fourth-order valence-electron chi connectivity index (χ4n) is 1.34. The van der Waals surface area contributed by atoms with Gasteiger partial charge in [-0.2, -0.15) is 0 Å². The van der Waals surface area contributed by atoms with E-state index in [-0.39, 0.29) is 11.2 Å². The van der Waals surface area contributed by atoms with Crippen molar-refractivity contribution in [2.75, 3.05) is 12.8 Å². The van der Waals surface area contributed by atoms with Crippen molar-refractivity contribution in [3.8, 4) is 0 Å². The molecule has 0 radical (unpaired) electrons. The second-order valence-electron chi connectivity index (χ2n) is 4.52. The molecular formula is C13H21NO3S. The van der Waals surface area contributed by atoms with Gasteiger partial charge in [-0.1, -0.05) is 6.92 Å². The average Bonchev–Trinajstić information content (AvgIpc) is 2.70. The van der Waals surface area contributed by atoms with Gasteiger partial charge < -0.3 is 14.4 Å². The van der Waals surface area contributed by atoms with Gasteiger partial charge in [0.1, 0.15) is 11.5 Å². The second-order valence-corrected chi connectivity index (χ2v) is 5.88. The summed E-state index contributed by atoms with van der Waals surface area (Å²) >= 11 is 1.46. The number of furan rings is 1. The van der Waals surface area contributed by atoms with E-state index in [0.717, 1.165) is 11.5 Å². The van der Waals surface area contributed by atoms with E-state index < -0.39 is 6.10 Å². The lowest BCUT2D eigenvalue weighted by Gasteiger charge is -2.18. The number of carbonyl (C=O) groups excluding carboxylic acids is 1. The Hall–Kier alpha value is -0.940. The lowest BCUT2D eigenvalue weighted by atomic mass is 10.3. The third kappa shape index (κ3) is 4.74. The number of carbonyl (C=O) groups is 1. The van der Waals surface area contributed by atoms with E-state index in [0.29, 0.717) is 12.3 Å². The quantitative estimate of drug-likeness (QED) is 0.860. The number of hydrogen-bond donors (Lipinski definition) is 1. The van der Waals surface area contributed by atoms with Gasteiger partial charge in [-0.05, 0) is 26.0 Å². The van der Waals surface area contributed by atoms with E-state index in [9.17, 15) is 9.90 Å². The molecule has 0 fully saturated rings. The third-order valence-electron chi connectivity index (χ3n) is 2.76. The summed E-state index contributed by atoms with van der Waals surface area (Å²) in [7, 11) is 1.76. The zero-order valence-corrected chi connectivity index (χ0v) is 12.2. The minimum absolute atomic E-state index is 0.0431. The zero-order valence-electron chi connectivity index (χ0n) is 11.3. The van der Waals surface area contributed by atoms with Crippen LogP contribution in [0.4, 0.5) is 0 Å². The summed E-state index contributed by atoms with van der Waals surface area (Å²) in [6, 6.07) is 3.77. The summed E-state index contributed by atoms with van der Waals surface area (Å²) in [5.74, 6) is 2.06. The molecule has 0 spiro atoms. The largest absolute Gasteiger partial charge is 0.464 e. The van der Waals surface area contributed by atoms with E-state index in [4.69, 9.17) is 4.42 Å². The van der Waals surface area contributed by atoms with Gasteiger partial charge in [0, 0.05) is 12.3 Å². The first-order valence-corrected chi connectivity index (χ1v) is 7.04.